The first-order valence-corrected chi connectivity index (χ1v) is 10.2. The Bertz CT molecular complexity index is 1290. The fourth-order valence-electron chi connectivity index (χ4n) is 4.87. The molecule has 0 bridgehead atoms. The molecule has 1 aromatic carbocycles. The first kappa shape index (κ1) is 18.3. The van der Waals surface area contributed by atoms with Gasteiger partial charge in [-0.05, 0) is 30.4 Å². The number of aromatic amines is 1. The van der Waals surface area contributed by atoms with E-state index in [1.807, 2.05) is 0 Å². The molecule has 4 aromatic rings. The van der Waals surface area contributed by atoms with Crippen molar-refractivity contribution in [2.45, 2.75) is 12.5 Å². The van der Waals surface area contributed by atoms with E-state index in [0.29, 0.717) is 28.9 Å². The Morgan fingerprint density at radius 2 is 2.06 bits per heavy atom. The standard InChI is InChI=1S/C21H21FN8O/c1-24-16-4-11(22)3-13-17-19(27-18(13)16)28-21(31-12-5-25-9-26-6-12)29-20(17)30-7-10-2-15(23)14(10)8-30/h3-6,9-10,14-15,24H,2,7-8,23H2,1H3,(H,27,28,29). The first-order chi connectivity index (χ1) is 15.1. The number of anilines is 2. The van der Waals surface area contributed by atoms with Crippen LogP contribution in [0.2, 0.25) is 0 Å². The summed E-state index contributed by atoms with van der Waals surface area (Å²) < 4.78 is 20.2. The van der Waals surface area contributed by atoms with Gasteiger partial charge in [-0.3, -0.25) is 0 Å². The van der Waals surface area contributed by atoms with Crippen LogP contribution in [0, 0.1) is 17.7 Å². The van der Waals surface area contributed by atoms with E-state index < -0.39 is 0 Å². The monoisotopic (exact) mass is 420 g/mol. The van der Waals surface area contributed by atoms with E-state index in [1.54, 1.807) is 19.4 Å². The number of H-pyrrole nitrogens is 1. The molecule has 1 aliphatic carbocycles. The molecule has 0 radical (unpaired) electrons. The van der Waals surface area contributed by atoms with Crippen molar-refractivity contribution in [1.82, 2.24) is 24.9 Å². The number of nitrogens with zero attached hydrogens (tertiary/aromatic N) is 5. The second kappa shape index (κ2) is 6.74. The summed E-state index contributed by atoms with van der Waals surface area (Å²) in [5.74, 6) is 1.84. The predicted molar refractivity (Wildman–Crippen MR) is 115 cm³/mol. The van der Waals surface area contributed by atoms with E-state index in [-0.39, 0.29) is 17.9 Å². The van der Waals surface area contributed by atoms with Crippen molar-refractivity contribution in [2.75, 3.05) is 30.4 Å². The number of ether oxygens (including phenoxy) is 1. The summed E-state index contributed by atoms with van der Waals surface area (Å²) in [5, 5.41) is 4.55. The molecule has 3 unspecified atom stereocenters. The van der Waals surface area contributed by atoms with Gasteiger partial charge in [0, 0.05) is 31.6 Å². The van der Waals surface area contributed by atoms with Crippen molar-refractivity contribution in [3.63, 3.8) is 0 Å². The predicted octanol–water partition coefficient (Wildman–Crippen LogP) is 2.66. The first-order valence-electron chi connectivity index (χ1n) is 10.2. The maximum atomic E-state index is 14.4. The maximum absolute atomic E-state index is 14.4. The lowest BCUT2D eigenvalue weighted by Crippen LogP contribution is -2.46. The quantitative estimate of drug-likeness (QED) is 0.461. The molecule has 1 saturated carbocycles. The average Bonchev–Trinajstić information content (AvgIpc) is 3.31. The van der Waals surface area contributed by atoms with Crippen molar-refractivity contribution in [2.24, 2.45) is 17.6 Å². The summed E-state index contributed by atoms with van der Waals surface area (Å²) in [5.41, 5.74) is 8.22. The van der Waals surface area contributed by atoms with Crippen LogP contribution in [0.3, 0.4) is 0 Å². The second-order valence-electron chi connectivity index (χ2n) is 8.21. The average molecular weight is 420 g/mol. The highest BCUT2D eigenvalue weighted by Gasteiger charge is 2.46. The zero-order valence-corrected chi connectivity index (χ0v) is 16.8. The van der Waals surface area contributed by atoms with E-state index >= 15 is 0 Å². The van der Waals surface area contributed by atoms with E-state index in [2.05, 4.69) is 30.2 Å². The van der Waals surface area contributed by atoms with E-state index in [9.17, 15) is 4.39 Å². The zero-order valence-electron chi connectivity index (χ0n) is 16.8. The Kier molecular flexibility index (Phi) is 3.97. The molecule has 1 aliphatic heterocycles. The number of aromatic nitrogens is 5. The van der Waals surface area contributed by atoms with E-state index in [4.69, 9.17) is 15.5 Å². The lowest BCUT2D eigenvalue weighted by atomic mass is 9.72. The summed E-state index contributed by atoms with van der Waals surface area (Å²) >= 11 is 0. The topological polar surface area (TPSA) is 118 Å². The fourth-order valence-corrected chi connectivity index (χ4v) is 4.87. The van der Waals surface area contributed by atoms with Gasteiger partial charge in [-0.1, -0.05) is 0 Å². The molecule has 6 rings (SSSR count). The van der Waals surface area contributed by atoms with Gasteiger partial charge in [-0.25, -0.2) is 14.4 Å². The molecule has 4 heterocycles. The van der Waals surface area contributed by atoms with Crippen LogP contribution in [-0.4, -0.2) is 51.1 Å². The normalized spacial score (nSPS) is 22.5. The van der Waals surface area contributed by atoms with Crippen LogP contribution in [-0.2, 0) is 0 Å². The molecular formula is C21H21FN8O. The number of benzene rings is 1. The van der Waals surface area contributed by atoms with Crippen LogP contribution in [0.15, 0.2) is 30.9 Å². The summed E-state index contributed by atoms with van der Waals surface area (Å²) in [4.78, 5) is 22.8. The number of nitrogens with one attached hydrogen (secondary N) is 2. The Hall–Kier alpha value is -3.53. The summed E-state index contributed by atoms with van der Waals surface area (Å²) in [6, 6.07) is 3.38. The minimum atomic E-state index is -0.325. The van der Waals surface area contributed by atoms with Crippen molar-refractivity contribution in [3.05, 3.63) is 36.7 Å². The van der Waals surface area contributed by atoms with Gasteiger partial charge in [-0.2, -0.15) is 9.97 Å². The Morgan fingerprint density at radius 3 is 2.81 bits per heavy atom. The van der Waals surface area contributed by atoms with Crippen molar-refractivity contribution in [3.8, 4) is 11.8 Å². The number of halogens is 1. The van der Waals surface area contributed by atoms with Gasteiger partial charge in [0.15, 0.2) is 5.75 Å². The third kappa shape index (κ3) is 2.86. The highest BCUT2D eigenvalue weighted by molar-refractivity contribution is 6.14. The number of rotatable bonds is 4. The van der Waals surface area contributed by atoms with Crippen molar-refractivity contribution in [1.29, 1.82) is 0 Å². The SMILES string of the molecule is CNc1cc(F)cc2c1[nH]c1nc(Oc3cncnc3)nc(N3CC4CC(N)C4C3)c12. The third-order valence-electron chi connectivity index (χ3n) is 6.42. The Morgan fingerprint density at radius 1 is 1.23 bits per heavy atom. The number of hydrogen-bond donors (Lipinski definition) is 3. The van der Waals surface area contributed by atoms with Gasteiger partial charge in [0.25, 0.3) is 0 Å². The van der Waals surface area contributed by atoms with Gasteiger partial charge in [0.2, 0.25) is 0 Å². The maximum Gasteiger partial charge on any atom is 0.326 e. The molecule has 158 valence electrons. The molecular weight excluding hydrogens is 399 g/mol. The van der Waals surface area contributed by atoms with Gasteiger partial charge in [-0.15, -0.1) is 0 Å². The van der Waals surface area contributed by atoms with Crippen LogP contribution in [0.5, 0.6) is 11.8 Å². The molecule has 1 saturated heterocycles. The number of nitrogens with two attached hydrogens (primary N) is 1. The Balaban J connectivity index is 1.55. The summed E-state index contributed by atoms with van der Waals surface area (Å²) in [6.45, 7) is 1.67. The highest BCUT2D eigenvalue weighted by atomic mass is 19.1. The molecule has 0 spiro atoms. The van der Waals surface area contributed by atoms with Crippen LogP contribution < -0.4 is 20.7 Å². The van der Waals surface area contributed by atoms with Gasteiger partial charge in [0.1, 0.15) is 23.6 Å². The molecule has 0 amide bonds. The fraction of sp³-hybridized carbons (Fsp3) is 0.333. The number of hydrogen-bond acceptors (Lipinski definition) is 8. The molecule has 4 N–H and O–H groups in total. The van der Waals surface area contributed by atoms with Crippen LogP contribution >= 0.6 is 0 Å². The molecule has 10 heteroatoms. The number of fused-ring (bicyclic) bond motifs is 4. The molecule has 9 nitrogen and oxygen atoms in total. The molecule has 3 aromatic heterocycles. The Labute approximate surface area is 176 Å². The molecule has 31 heavy (non-hydrogen) atoms. The lowest BCUT2D eigenvalue weighted by molar-refractivity contribution is 0.194. The van der Waals surface area contributed by atoms with E-state index in [0.717, 1.165) is 41.6 Å². The smallest absolute Gasteiger partial charge is 0.326 e. The second-order valence-corrected chi connectivity index (χ2v) is 8.21. The highest BCUT2D eigenvalue weighted by Crippen LogP contribution is 2.44. The van der Waals surface area contributed by atoms with E-state index in [1.165, 1.54) is 18.5 Å². The van der Waals surface area contributed by atoms with Gasteiger partial charge in [0.05, 0.1) is 29.0 Å². The lowest BCUT2D eigenvalue weighted by Gasteiger charge is -2.36. The van der Waals surface area contributed by atoms with Gasteiger partial charge < -0.3 is 25.7 Å². The van der Waals surface area contributed by atoms with Crippen LogP contribution in [0.1, 0.15) is 6.42 Å². The summed E-state index contributed by atoms with van der Waals surface area (Å²) in [6.07, 6.45) is 5.55. The molecule has 2 aliphatic rings. The van der Waals surface area contributed by atoms with Crippen LogP contribution in [0.25, 0.3) is 21.9 Å². The minimum absolute atomic E-state index is 0.180. The zero-order chi connectivity index (χ0) is 21.1. The van der Waals surface area contributed by atoms with Gasteiger partial charge >= 0.3 is 6.01 Å². The minimum Gasteiger partial charge on any atom is -0.421 e. The summed E-state index contributed by atoms with van der Waals surface area (Å²) in [7, 11) is 1.76. The van der Waals surface area contributed by atoms with Crippen molar-refractivity contribution >= 4 is 33.4 Å². The van der Waals surface area contributed by atoms with Crippen molar-refractivity contribution < 1.29 is 9.13 Å². The third-order valence-corrected chi connectivity index (χ3v) is 6.42. The molecule has 2 fully saturated rings. The molecule has 3 atom stereocenters. The largest absolute Gasteiger partial charge is 0.421 e. The van der Waals surface area contributed by atoms with Crippen LogP contribution in [0.4, 0.5) is 15.9 Å².